The maximum Gasteiger partial charge on any atom is 0.289 e. The average molecular weight is 696 g/mol. The smallest absolute Gasteiger partial charge is 0.289 e. The summed E-state index contributed by atoms with van der Waals surface area (Å²) in [4.78, 5) is 75.7. The Balaban J connectivity index is 1.23. The number of nitrogens with one attached hydrogen (secondary N) is 3. The highest BCUT2D eigenvalue weighted by molar-refractivity contribution is 6.38. The molecule has 1 aromatic carbocycles. The van der Waals surface area contributed by atoms with Crippen molar-refractivity contribution in [1.82, 2.24) is 20.9 Å². The minimum Gasteiger partial charge on any atom is -0.387 e. The molecule has 0 radical (unpaired) electrons. The Morgan fingerprint density at radius 3 is 2.49 bits per heavy atom. The Hall–Kier alpha value is -3.47. The number of likely N-dealkylation sites (tertiary alicyclic amines) is 1. The van der Waals surface area contributed by atoms with Crippen LogP contribution < -0.4 is 16.0 Å². The van der Waals surface area contributed by atoms with Gasteiger partial charge in [-0.25, -0.2) is 0 Å². The van der Waals surface area contributed by atoms with E-state index < -0.39 is 52.6 Å². The third-order valence-electron chi connectivity index (χ3n) is 11.1. The predicted octanol–water partition coefficient (Wildman–Crippen LogP) is 4.29. The second-order valence-electron chi connectivity index (χ2n) is 16.2. The molecule has 1 saturated heterocycles. The van der Waals surface area contributed by atoms with E-state index in [4.69, 9.17) is 16.4 Å². The largest absolute Gasteiger partial charge is 0.387 e. The van der Waals surface area contributed by atoms with Crippen LogP contribution in [0.2, 0.25) is 5.02 Å². The molecule has 4 fully saturated rings. The summed E-state index contributed by atoms with van der Waals surface area (Å²) in [6.07, 6.45) is 8.00. The second kappa shape index (κ2) is 14.0. The van der Waals surface area contributed by atoms with Crippen LogP contribution in [-0.4, -0.2) is 76.3 Å². The zero-order valence-electron chi connectivity index (χ0n) is 29.1. The van der Waals surface area contributed by atoms with Crippen molar-refractivity contribution in [2.75, 3.05) is 6.54 Å². The topological polar surface area (TPSA) is 146 Å². The quantitative estimate of drug-likeness (QED) is 0.278. The van der Waals surface area contributed by atoms with Gasteiger partial charge in [-0.2, -0.15) is 0 Å². The number of Topliss-reactive ketones (excluding diaryl/α,β-unsaturated/α-hetero) is 1. The van der Waals surface area contributed by atoms with Gasteiger partial charge in [0, 0.05) is 35.9 Å². The normalized spacial score (nSPS) is 28.5. The van der Waals surface area contributed by atoms with E-state index in [9.17, 15) is 24.0 Å². The minimum atomic E-state index is -1.03. The summed E-state index contributed by atoms with van der Waals surface area (Å²) in [5.41, 5.74) is -0.235. The maximum atomic E-state index is 14.6. The van der Waals surface area contributed by atoms with Crippen LogP contribution in [0.25, 0.3) is 0 Å². The van der Waals surface area contributed by atoms with Gasteiger partial charge < -0.3 is 25.7 Å². The van der Waals surface area contributed by atoms with Crippen LogP contribution in [0.15, 0.2) is 29.4 Å². The molecule has 3 N–H and O–H groups in total. The zero-order chi connectivity index (χ0) is 35.1. The van der Waals surface area contributed by atoms with Crippen LogP contribution in [-0.2, 0) is 28.8 Å². The van der Waals surface area contributed by atoms with Gasteiger partial charge >= 0.3 is 0 Å². The number of hydrogen-bond acceptors (Lipinski definition) is 7. The molecular formula is C37H50ClN5O6. The molecule has 2 aliphatic heterocycles. The standard InChI is InChI=1S/C37H50ClN5O6/c1-5-7-27(31(45)34(47)39-26-12-13-26)40-33(46)29-19-37(18-28(42-49-37)23-8-6-9-25(38)16-23)20-43(29)35(48)32(36(2,3)4)41-30(44)17-24-15-21-10-11-22(24)14-21/h6,8-9,16,21-22,24,26-27,29,32H,5,7,10-15,17-20H2,1-4H3,(H,39,47)(H,40,46)(H,41,44)/t21?,22?,24-,27+,29+,32-,37-/m1/s1. The number of halogens is 1. The van der Waals surface area contributed by atoms with Gasteiger partial charge in [-0.05, 0) is 73.8 Å². The summed E-state index contributed by atoms with van der Waals surface area (Å²) in [6, 6.07) is 4.30. The van der Waals surface area contributed by atoms with Gasteiger partial charge in [0.2, 0.25) is 23.5 Å². The molecule has 1 spiro atoms. The Morgan fingerprint density at radius 2 is 1.86 bits per heavy atom. The number of benzene rings is 1. The lowest BCUT2D eigenvalue weighted by Crippen LogP contribution is -2.59. The number of carbonyl (C=O) groups excluding carboxylic acids is 5. The predicted molar refractivity (Wildman–Crippen MR) is 184 cm³/mol. The Labute approximate surface area is 293 Å². The minimum absolute atomic E-state index is 0.00111. The number of rotatable bonds is 12. The summed E-state index contributed by atoms with van der Waals surface area (Å²) in [5.74, 6) is -0.881. The van der Waals surface area contributed by atoms with Crippen molar-refractivity contribution in [3.8, 4) is 0 Å². The first kappa shape index (κ1) is 35.4. The van der Waals surface area contributed by atoms with Crippen molar-refractivity contribution in [1.29, 1.82) is 0 Å². The molecule has 266 valence electrons. The number of amides is 4. The molecule has 12 heteroatoms. The number of nitrogens with zero attached hydrogens (tertiary/aromatic N) is 2. The number of ketones is 1. The summed E-state index contributed by atoms with van der Waals surface area (Å²) < 4.78 is 0. The molecule has 3 saturated carbocycles. The van der Waals surface area contributed by atoms with E-state index in [2.05, 4.69) is 21.1 Å². The van der Waals surface area contributed by atoms with Crippen LogP contribution in [0.4, 0.5) is 0 Å². The van der Waals surface area contributed by atoms with E-state index in [0.29, 0.717) is 47.8 Å². The molecule has 2 unspecified atom stereocenters. The van der Waals surface area contributed by atoms with Crippen LogP contribution >= 0.6 is 11.6 Å². The average Bonchev–Trinajstić information content (AvgIpc) is 3.39. The summed E-state index contributed by atoms with van der Waals surface area (Å²) in [6.45, 7) is 7.63. The van der Waals surface area contributed by atoms with Crippen LogP contribution in [0, 0.1) is 23.2 Å². The first-order chi connectivity index (χ1) is 23.2. The lowest BCUT2D eigenvalue weighted by atomic mass is 9.84. The fraction of sp³-hybridized carbons (Fsp3) is 0.676. The van der Waals surface area contributed by atoms with Gasteiger partial charge in [-0.1, -0.05) is 69.4 Å². The van der Waals surface area contributed by atoms with Crippen LogP contribution in [0.3, 0.4) is 0 Å². The van der Waals surface area contributed by atoms with E-state index in [0.717, 1.165) is 24.8 Å². The molecule has 0 aromatic heterocycles. The van der Waals surface area contributed by atoms with Crippen molar-refractivity contribution in [2.24, 2.45) is 28.3 Å². The number of fused-ring (bicyclic) bond motifs is 2. The monoisotopic (exact) mass is 695 g/mol. The van der Waals surface area contributed by atoms with E-state index in [-0.39, 0.29) is 31.3 Å². The van der Waals surface area contributed by atoms with Gasteiger partial charge in [0.25, 0.3) is 5.91 Å². The molecule has 4 amide bonds. The van der Waals surface area contributed by atoms with Crippen molar-refractivity contribution < 1.29 is 28.8 Å². The summed E-state index contributed by atoms with van der Waals surface area (Å²) in [5, 5.41) is 13.5. The highest BCUT2D eigenvalue weighted by Gasteiger charge is 2.56. The van der Waals surface area contributed by atoms with Crippen molar-refractivity contribution >= 4 is 46.7 Å². The van der Waals surface area contributed by atoms with Gasteiger partial charge in [-0.15, -0.1) is 0 Å². The number of hydrogen-bond donors (Lipinski definition) is 3. The summed E-state index contributed by atoms with van der Waals surface area (Å²) in [7, 11) is 0. The maximum absolute atomic E-state index is 14.6. The molecule has 1 aromatic rings. The van der Waals surface area contributed by atoms with Gasteiger partial charge in [0.1, 0.15) is 12.1 Å². The SMILES string of the molecule is CCC[C@H](NC(=O)[C@@H]1C[C@]2(CC(c3cccc(Cl)c3)=NO2)CN1C(=O)[C@@H](NC(=O)C[C@H]1CC2CCC1C2)C(C)(C)C)C(=O)C(=O)NC1CC1. The fourth-order valence-electron chi connectivity index (χ4n) is 8.32. The highest BCUT2D eigenvalue weighted by atomic mass is 35.5. The molecule has 2 bridgehead atoms. The molecule has 11 nitrogen and oxygen atoms in total. The lowest BCUT2D eigenvalue weighted by Gasteiger charge is -2.36. The molecule has 5 aliphatic rings. The molecule has 2 heterocycles. The van der Waals surface area contributed by atoms with E-state index >= 15 is 0 Å². The number of carbonyl (C=O) groups is 5. The lowest BCUT2D eigenvalue weighted by molar-refractivity contribution is -0.145. The van der Waals surface area contributed by atoms with Gasteiger partial charge in [0.15, 0.2) is 5.60 Å². The molecule has 3 aliphatic carbocycles. The van der Waals surface area contributed by atoms with Gasteiger partial charge in [0.05, 0.1) is 18.3 Å². The zero-order valence-corrected chi connectivity index (χ0v) is 29.8. The first-order valence-electron chi connectivity index (χ1n) is 18.0. The molecule has 49 heavy (non-hydrogen) atoms. The van der Waals surface area contributed by atoms with E-state index in [1.807, 2.05) is 39.8 Å². The van der Waals surface area contributed by atoms with E-state index in [1.54, 1.807) is 12.1 Å². The van der Waals surface area contributed by atoms with Crippen LogP contribution in [0.5, 0.6) is 0 Å². The van der Waals surface area contributed by atoms with E-state index in [1.165, 1.54) is 24.2 Å². The highest BCUT2D eigenvalue weighted by Crippen LogP contribution is 2.49. The Morgan fingerprint density at radius 1 is 1.08 bits per heavy atom. The Bertz CT molecular complexity index is 1520. The molecule has 7 atom stereocenters. The second-order valence-corrected chi connectivity index (χ2v) is 16.6. The summed E-state index contributed by atoms with van der Waals surface area (Å²) >= 11 is 6.26. The van der Waals surface area contributed by atoms with Gasteiger partial charge in [-0.3, -0.25) is 24.0 Å². The molecular weight excluding hydrogens is 646 g/mol. The fourth-order valence-corrected chi connectivity index (χ4v) is 8.51. The van der Waals surface area contributed by atoms with Crippen molar-refractivity contribution in [3.63, 3.8) is 0 Å². The first-order valence-corrected chi connectivity index (χ1v) is 18.4. The molecule has 6 rings (SSSR count). The third-order valence-corrected chi connectivity index (χ3v) is 11.3. The van der Waals surface area contributed by atoms with Crippen LogP contribution in [0.1, 0.15) is 104 Å². The third kappa shape index (κ3) is 7.97. The number of oxime groups is 1. The Kier molecular flexibility index (Phi) is 10.1. The van der Waals surface area contributed by atoms with Crippen molar-refractivity contribution in [2.45, 2.75) is 128 Å². The van der Waals surface area contributed by atoms with Crippen molar-refractivity contribution in [3.05, 3.63) is 34.9 Å².